The summed E-state index contributed by atoms with van der Waals surface area (Å²) in [5.41, 5.74) is 0.923. The number of benzene rings is 1. The van der Waals surface area contributed by atoms with Crippen molar-refractivity contribution in [3.8, 4) is 5.75 Å². The minimum atomic E-state index is -0.313. The van der Waals surface area contributed by atoms with Crippen LogP contribution in [0.25, 0.3) is 0 Å². The first-order chi connectivity index (χ1) is 16.9. The Bertz CT molecular complexity index is 884. The summed E-state index contributed by atoms with van der Waals surface area (Å²) >= 11 is 0. The van der Waals surface area contributed by atoms with Gasteiger partial charge in [-0.05, 0) is 57.7 Å². The first-order valence-electron chi connectivity index (χ1n) is 13.3. The maximum absolute atomic E-state index is 13.6. The fourth-order valence-corrected chi connectivity index (χ4v) is 5.27. The van der Waals surface area contributed by atoms with Crippen LogP contribution >= 0.6 is 0 Å². The van der Waals surface area contributed by atoms with Gasteiger partial charge in [-0.2, -0.15) is 0 Å². The van der Waals surface area contributed by atoms with Crippen LogP contribution in [0.15, 0.2) is 18.2 Å². The predicted octanol–water partition coefficient (Wildman–Crippen LogP) is 3.70. The Morgan fingerprint density at radius 3 is 2.63 bits per heavy atom. The van der Waals surface area contributed by atoms with E-state index in [4.69, 9.17) is 4.74 Å². The first-order valence-corrected chi connectivity index (χ1v) is 13.3. The first kappa shape index (κ1) is 25.8. The van der Waals surface area contributed by atoms with E-state index < -0.39 is 0 Å². The molecular weight excluding hydrogens is 444 g/mol. The Labute approximate surface area is 209 Å². The number of carbonyl (C=O) groups is 2. The van der Waals surface area contributed by atoms with Crippen molar-refractivity contribution in [2.75, 3.05) is 38.6 Å². The maximum Gasteiger partial charge on any atom is 0.319 e. The number of aliphatic hydroxyl groups is 1. The second kappa shape index (κ2) is 11.6. The second-order valence-corrected chi connectivity index (χ2v) is 10.9. The van der Waals surface area contributed by atoms with Crippen molar-refractivity contribution < 1.29 is 19.4 Å². The number of likely N-dealkylation sites (N-methyl/N-ethyl adjacent to an activating group) is 1. The van der Waals surface area contributed by atoms with Gasteiger partial charge in [0.2, 0.25) is 0 Å². The molecule has 4 rings (SSSR count). The lowest BCUT2D eigenvalue weighted by molar-refractivity contribution is 0.0346. The van der Waals surface area contributed by atoms with Crippen LogP contribution in [0.4, 0.5) is 10.5 Å². The molecule has 2 aliphatic carbocycles. The quantitative estimate of drug-likeness (QED) is 0.521. The molecule has 1 aliphatic heterocycles. The highest BCUT2D eigenvalue weighted by Crippen LogP contribution is 2.35. The normalized spacial score (nSPS) is 24.3. The van der Waals surface area contributed by atoms with Gasteiger partial charge in [-0.25, -0.2) is 4.79 Å². The zero-order chi connectivity index (χ0) is 24.9. The standard InChI is InChI=1S/C27H42N4O4/c1-18-14-31(19(2)17-32)26(33)22-10-7-11-23(29-27(34)28-21-8-5-4-6-9-21)25(22)35-24(18)16-30(3)15-20-12-13-20/h7,10-11,18-21,24,32H,4-6,8-9,12-17H2,1-3H3,(H2,28,29,34)/t18-,19+,24+/m1/s1. The lowest BCUT2D eigenvalue weighted by atomic mass is 9.96. The molecule has 8 nitrogen and oxygen atoms in total. The van der Waals surface area contributed by atoms with Crippen LogP contribution in [-0.2, 0) is 0 Å². The van der Waals surface area contributed by atoms with Crippen molar-refractivity contribution in [3.63, 3.8) is 0 Å². The molecule has 2 fully saturated rings. The molecule has 35 heavy (non-hydrogen) atoms. The number of fused-ring (bicyclic) bond motifs is 1. The molecule has 0 aromatic heterocycles. The minimum absolute atomic E-state index is 0.0480. The van der Waals surface area contributed by atoms with Crippen LogP contribution in [0.1, 0.15) is 69.2 Å². The van der Waals surface area contributed by atoms with Gasteiger partial charge < -0.3 is 30.3 Å². The number of anilines is 1. The minimum Gasteiger partial charge on any atom is -0.486 e. The Balaban J connectivity index is 1.59. The molecule has 2 saturated carbocycles. The van der Waals surface area contributed by atoms with E-state index in [0.29, 0.717) is 23.5 Å². The van der Waals surface area contributed by atoms with Crippen LogP contribution in [-0.4, -0.2) is 78.3 Å². The smallest absolute Gasteiger partial charge is 0.319 e. The van der Waals surface area contributed by atoms with Crippen LogP contribution in [0, 0.1) is 11.8 Å². The van der Waals surface area contributed by atoms with E-state index >= 15 is 0 Å². The number of urea groups is 1. The molecule has 1 aromatic carbocycles. The summed E-state index contributed by atoms with van der Waals surface area (Å²) in [5, 5.41) is 15.9. The van der Waals surface area contributed by atoms with Gasteiger partial charge in [0.15, 0.2) is 5.75 Å². The lowest BCUT2D eigenvalue weighted by Gasteiger charge is -2.38. The summed E-state index contributed by atoms with van der Waals surface area (Å²) in [4.78, 5) is 30.5. The molecule has 3 aliphatic rings. The van der Waals surface area contributed by atoms with Gasteiger partial charge in [0.05, 0.1) is 23.9 Å². The van der Waals surface area contributed by atoms with Crippen LogP contribution < -0.4 is 15.4 Å². The zero-order valence-electron chi connectivity index (χ0n) is 21.5. The van der Waals surface area contributed by atoms with E-state index in [1.807, 2.05) is 6.92 Å². The number of amides is 3. The molecule has 0 bridgehead atoms. The molecular formula is C27H42N4O4. The predicted molar refractivity (Wildman–Crippen MR) is 137 cm³/mol. The topological polar surface area (TPSA) is 94.1 Å². The molecule has 0 spiro atoms. The Morgan fingerprint density at radius 2 is 1.94 bits per heavy atom. The van der Waals surface area contributed by atoms with Crippen molar-refractivity contribution in [3.05, 3.63) is 23.8 Å². The number of rotatable bonds is 8. The molecule has 8 heteroatoms. The SMILES string of the molecule is C[C@@H]1CN([C@@H](C)CO)C(=O)c2cccc(NC(=O)NC3CCCCC3)c2O[C@H]1CN(C)CC1CC1. The van der Waals surface area contributed by atoms with Crippen LogP contribution in [0.5, 0.6) is 5.75 Å². The summed E-state index contributed by atoms with van der Waals surface area (Å²) in [7, 11) is 2.12. The summed E-state index contributed by atoms with van der Waals surface area (Å²) < 4.78 is 6.58. The molecule has 0 unspecified atom stereocenters. The molecule has 0 radical (unpaired) electrons. The highest BCUT2D eigenvalue weighted by molar-refractivity contribution is 6.01. The molecule has 1 aromatic rings. The van der Waals surface area contributed by atoms with Crippen molar-refractivity contribution >= 4 is 17.6 Å². The summed E-state index contributed by atoms with van der Waals surface area (Å²) in [6, 6.07) is 4.92. The summed E-state index contributed by atoms with van der Waals surface area (Å²) in [6.45, 7) is 6.12. The number of para-hydroxylation sites is 1. The van der Waals surface area contributed by atoms with Crippen LogP contribution in [0.2, 0.25) is 0 Å². The molecule has 1 heterocycles. The van der Waals surface area contributed by atoms with Gasteiger partial charge in [0.25, 0.3) is 5.91 Å². The van der Waals surface area contributed by atoms with Crippen molar-refractivity contribution in [1.29, 1.82) is 0 Å². The van der Waals surface area contributed by atoms with E-state index in [9.17, 15) is 14.7 Å². The number of hydrogen-bond acceptors (Lipinski definition) is 5. The van der Waals surface area contributed by atoms with Crippen molar-refractivity contribution in [2.45, 2.75) is 77.0 Å². The molecule has 194 valence electrons. The fourth-order valence-electron chi connectivity index (χ4n) is 5.27. The maximum atomic E-state index is 13.6. The number of ether oxygens (including phenoxy) is 1. The van der Waals surface area contributed by atoms with Gasteiger partial charge in [-0.15, -0.1) is 0 Å². The Kier molecular flexibility index (Phi) is 8.55. The summed E-state index contributed by atoms with van der Waals surface area (Å²) in [5.74, 6) is 1.05. The van der Waals surface area contributed by atoms with Gasteiger partial charge >= 0.3 is 6.03 Å². The molecule has 3 N–H and O–H groups in total. The highest BCUT2D eigenvalue weighted by Gasteiger charge is 2.35. The molecule has 0 saturated heterocycles. The largest absolute Gasteiger partial charge is 0.486 e. The van der Waals surface area contributed by atoms with Gasteiger partial charge in [-0.1, -0.05) is 32.3 Å². The summed E-state index contributed by atoms with van der Waals surface area (Å²) in [6.07, 6.45) is 7.89. The lowest BCUT2D eigenvalue weighted by Crippen LogP contribution is -2.50. The van der Waals surface area contributed by atoms with E-state index in [-0.39, 0.29) is 42.7 Å². The van der Waals surface area contributed by atoms with Crippen molar-refractivity contribution in [1.82, 2.24) is 15.1 Å². The van der Waals surface area contributed by atoms with Crippen LogP contribution in [0.3, 0.4) is 0 Å². The number of aliphatic hydroxyl groups excluding tert-OH is 1. The van der Waals surface area contributed by atoms with E-state index in [1.54, 1.807) is 23.1 Å². The van der Waals surface area contributed by atoms with E-state index in [0.717, 1.165) is 44.7 Å². The second-order valence-electron chi connectivity index (χ2n) is 10.9. The third-order valence-electron chi connectivity index (χ3n) is 7.64. The number of nitrogens with zero attached hydrogens (tertiary/aromatic N) is 2. The van der Waals surface area contributed by atoms with Gasteiger partial charge in [0.1, 0.15) is 6.10 Å². The van der Waals surface area contributed by atoms with Gasteiger partial charge in [-0.3, -0.25) is 4.79 Å². The molecule has 3 atom stereocenters. The average Bonchev–Trinajstić information content (AvgIpc) is 3.65. The van der Waals surface area contributed by atoms with E-state index in [1.165, 1.54) is 19.3 Å². The fraction of sp³-hybridized carbons (Fsp3) is 0.704. The third-order valence-corrected chi connectivity index (χ3v) is 7.64. The average molecular weight is 487 g/mol. The Morgan fingerprint density at radius 1 is 1.20 bits per heavy atom. The number of nitrogens with one attached hydrogen (secondary N) is 2. The van der Waals surface area contributed by atoms with E-state index in [2.05, 4.69) is 29.5 Å². The highest BCUT2D eigenvalue weighted by atomic mass is 16.5. The van der Waals surface area contributed by atoms with Gasteiger partial charge in [0, 0.05) is 31.6 Å². The van der Waals surface area contributed by atoms with Crippen molar-refractivity contribution in [2.24, 2.45) is 11.8 Å². The Hall–Kier alpha value is -2.32. The monoisotopic (exact) mass is 486 g/mol. The molecule has 3 amide bonds. The third kappa shape index (κ3) is 6.67. The number of carbonyl (C=O) groups excluding carboxylic acids is 2. The zero-order valence-corrected chi connectivity index (χ0v) is 21.5. The number of hydrogen-bond donors (Lipinski definition) is 3.